The summed E-state index contributed by atoms with van der Waals surface area (Å²) in [5.74, 6) is 1.48. The van der Waals surface area contributed by atoms with Gasteiger partial charge in [0.15, 0.2) is 0 Å². The second kappa shape index (κ2) is 7.05. The molecule has 0 heterocycles. The molecule has 2 amide bonds. The molecule has 5 heteroatoms. The van der Waals surface area contributed by atoms with E-state index in [0.717, 1.165) is 24.2 Å². The van der Waals surface area contributed by atoms with Crippen molar-refractivity contribution in [3.05, 3.63) is 54.1 Å². The number of rotatable bonds is 6. The first-order chi connectivity index (χ1) is 12.0. The van der Waals surface area contributed by atoms with Crippen LogP contribution in [0.15, 0.2) is 48.5 Å². The molecule has 1 fully saturated rings. The first-order valence-electron chi connectivity index (χ1n) is 8.52. The predicted octanol–water partition coefficient (Wildman–Crippen LogP) is 4.29. The Morgan fingerprint density at radius 2 is 1.76 bits per heavy atom. The summed E-state index contributed by atoms with van der Waals surface area (Å²) in [7, 11) is 1.64. The van der Waals surface area contributed by atoms with Gasteiger partial charge < -0.3 is 20.1 Å². The monoisotopic (exact) mass is 340 g/mol. The number of hydrogen-bond acceptors (Lipinski definition) is 3. The van der Waals surface area contributed by atoms with Crippen molar-refractivity contribution in [1.82, 2.24) is 5.32 Å². The number of para-hydroxylation sites is 2. The zero-order chi connectivity index (χ0) is 17.9. The van der Waals surface area contributed by atoms with E-state index in [9.17, 15) is 4.79 Å². The molecule has 1 aliphatic rings. The van der Waals surface area contributed by atoms with Crippen LogP contribution in [-0.2, 0) is 5.54 Å². The molecule has 0 atom stereocenters. The van der Waals surface area contributed by atoms with E-state index in [1.165, 1.54) is 0 Å². The van der Waals surface area contributed by atoms with Gasteiger partial charge in [-0.1, -0.05) is 24.3 Å². The van der Waals surface area contributed by atoms with Crippen LogP contribution in [0.25, 0.3) is 0 Å². The molecule has 2 aromatic carbocycles. The summed E-state index contributed by atoms with van der Waals surface area (Å²) in [4.78, 5) is 12.5. The molecular weight excluding hydrogens is 316 g/mol. The van der Waals surface area contributed by atoms with Gasteiger partial charge in [-0.05, 0) is 56.5 Å². The number of anilines is 1. The molecule has 0 bridgehead atoms. The lowest BCUT2D eigenvalue weighted by Crippen LogP contribution is -2.38. The highest BCUT2D eigenvalue weighted by molar-refractivity contribution is 5.91. The second-order valence-electron chi connectivity index (χ2n) is 6.55. The number of hydrogen-bond donors (Lipinski definition) is 2. The molecular formula is C20H24N2O3. The average molecular weight is 340 g/mol. The van der Waals surface area contributed by atoms with Crippen LogP contribution in [0.1, 0.15) is 32.3 Å². The lowest BCUT2D eigenvalue weighted by atomic mass is 10.1. The number of urea groups is 1. The number of nitrogens with one attached hydrogen (secondary N) is 2. The minimum absolute atomic E-state index is 0.0417. The minimum atomic E-state index is -0.287. The van der Waals surface area contributed by atoms with Crippen LogP contribution >= 0.6 is 0 Å². The van der Waals surface area contributed by atoms with Crippen molar-refractivity contribution in [3.8, 4) is 11.5 Å². The summed E-state index contributed by atoms with van der Waals surface area (Å²) in [6.07, 6.45) is 1.90. The molecule has 0 saturated heterocycles. The van der Waals surface area contributed by atoms with Crippen molar-refractivity contribution in [2.24, 2.45) is 0 Å². The fourth-order valence-electron chi connectivity index (χ4n) is 2.82. The highest BCUT2D eigenvalue weighted by atomic mass is 16.5. The SMILES string of the molecule is COc1ccc(C2(NC(=O)Nc3ccccc3OC(C)C)CC2)cc1. The van der Waals surface area contributed by atoms with E-state index in [0.29, 0.717) is 11.4 Å². The maximum absolute atomic E-state index is 12.5. The lowest BCUT2D eigenvalue weighted by molar-refractivity contribution is 0.240. The third-order valence-corrected chi connectivity index (χ3v) is 4.24. The van der Waals surface area contributed by atoms with E-state index in [4.69, 9.17) is 9.47 Å². The van der Waals surface area contributed by atoms with E-state index in [1.54, 1.807) is 7.11 Å². The number of methoxy groups -OCH3 is 1. The maximum atomic E-state index is 12.5. The normalized spacial score (nSPS) is 14.7. The van der Waals surface area contributed by atoms with Crippen LogP contribution in [0, 0.1) is 0 Å². The summed E-state index contributed by atoms with van der Waals surface area (Å²) in [6, 6.07) is 15.1. The lowest BCUT2D eigenvalue weighted by Gasteiger charge is -2.20. The van der Waals surface area contributed by atoms with Crippen molar-refractivity contribution in [3.63, 3.8) is 0 Å². The van der Waals surface area contributed by atoms with Gasteiger partial charge in [0.25, 0.3) is 0 Å². The summed E-state index contributed by atoms with van der Waals surface area (Å²) in [5, 5.41) is 6.01. The molecule has 0 unspecified atom stereocenters. The minimum Gasteiger partial charge on any atom is -0.497 e. The van der Waals surface area contributed by atoms with Gasteiger partial charge in [-0.3, -0.25) is 0 Å². The number of ether oxygens (including phenoxy) is 2. The van der Waals surface area contributed by atoms with E-state index in [-0.39, 0.29) is 17.7 Å². The summed E-state index contributed by atoms with van der Waals surface area (Å²) < 4.78 is 10.9. The van der Waals surface area contributed by atoms with Gasteiger partial charge in [0.1, 0.15) is 11.5 Å². The number of carbonyl (C=O) groups excluding carboxylic acids is 1. The highest BCUT2D eigenvalue weighted by Gasteiger charge is 2.45. The van der Waals surface area contributed by atoms with Crippen molar-refractivity contribution < 1.29 is 14.3 Å². The molecule has 1 saturated carbocycles. The summed E-state index contributed by atoms with van der Waals surface area (Å²) in [6.45, 7) is 3.92. The predicted molar refractivity (Wildman–Crippen MR) is 98.3 cm³/mol. The molecule has 5 nitrogen and oxygen atoms in total. The van der Waals surface area contributed by atoms with Crippen LogP contribution < -0.4 is 20.1 Å². The van der Waals surface area contributed by atoms with E-state index in [1.807, 2.05) is 62.4 Å². The van der Waals surface area contributed by atoms with Crippen molar-refractivity contribution >= 4 is 11.7 Å². The first-order valence-corrected chi connectivity index (χ1v) is 8.52. The van der Waals surface area contributed by atoms with Crippen molar-refractivity contribution in [1.29, 1.82) is 0 Å². The molecule has 3 rings (SSSR count). The van der Waals surface area contributed by atoms with Crippen LogP contribution in [0.4, 0.5) is 10.5 Å². The Morgan fingerprint density at radius 1 is 1.08 bits per heavy atom. The van der Waals surface area contributed by atoms with Gasteiger partial charge in [-0.25, -0.2) is 4.79 Å². The second-order valence-corrected chi connectivity index (χ2v) is 6.55. The highest BCUT2D eigenvalue weighted by Crippen LogP contribution is 2.45. The molecule has 25 heavy (non-hydrogen) atoms. The first kappa shape index (κ1) is 17.1. The Balaban J connectivity index is 1.68. The molecule has 0 radical (unpaired) electrons. The van der Waals surface area contributed by atoms with E-state index >= 15 is 0 Å². The standard InChI is InChI=1S/C20H24N2O3/c1-14(2)25-18-7-5-4-6-17(18)21-19(23)22-20(12-13-20)15-8-10-16(24-3)11-9-15/h4-11,14H,12-13H2,1-3H3,(H2,21,22,23). The van der Waals surface area contributed by atoms with Crippen LogP contribution in [0.5, 0.6) is 11.5 Å². The zero-order valence-corrected chi connectivity index (χ0v) is 14.8. The summed E-state index contributed by atoms with van der Waals surface area (Å²) in [5.41, 5.74) is 1.47. The molecule has 0 aliphatic heterocycles. The number of carbonyl (C=O) groups is 1. The van der Waals surface area contributed by atoms with Gasteiger partial charge in [-0.2, -0.15) is 0 Å². The molecule has 0 spiro atoms. The van der Waals surface area contributed by atoms with E-state index < -0.39 is 0 Å². The van der Waals surface area contributed by atoms with Gasteiger partial charge >= 0.3 is 6.03 Å². The molecule has 2 aromatic rings. The quantitative estimate of drug-likeness (QED) is 0.824. The molecule has 0 aromatic heterocycles. The van der Waals surface area contributed by atoms with Gasteiger partial charge in [0, 0.05) is 0 Å². The average Bonchev–Trinajstić information content (AvgIpc) is 3.37. The van der Waals surface area contributed by atoms with Crippen molar-refractivity contribution in [2.75, 3.05) is 12.4 Å². The van der Waals surface area contributed by atoms with Crippen LogP contribution in [0.3, 0.4) is 0 Å². The third-order valence-electron chi connectivity index (χ3n) is 4.24. The Morgan fingerprint density at radius 3 is 2.36 bits per heavy atom. The molecule has 1 aliphatic carbocycles. The van der Waals surface area contributed by atoms with Gasteiger partial charge in [0.05, 0.1) is 24.4 Å². The summed E-state index contributed by atoms with van der Waals surface area (Å²) >= 11 is 0. The van der Waals surface area contributed by atoms with E-state index in [2.05, 4.69) is 10.6 Å². The Bertz CT molecular complexity index is 737. The van der Waals surface area contributed by atoms with Crippen LogP contribution in [0.2, 0.25) is 0 Å². The zero-order valence-electron chi connectivity index (χ0n) is 14.8. The van der Waals surface area contributed by atoms with Crippen molar-refractivity contribution in [2.45, 2.75) is 38.3 Å². The van der Waals surface area contributed by atoms with Crippen LogP contribution in [-0.4, -0.2) is 19.2 Å². The largest absolute Gasteiger partial charge is 0.497 e. The number of benzene rings is 2. The Hall–Kier alpha value is -2.69. The topological polar surface area (TPSA) is 59.6 Å². The fourth-order valence-corrected chi connectivity index (χ4v) is 2.82. The molecule has 2 N–H and O–H groups in total. The maximum Gasteiger partial charge on any atom is 0.320 e. The smallest absolute Gasteiger partial charge is 0.320 e. The Labute approximate surface area is 148 Å². The Kier molecular flexibility index (Phi) is 4.83. The fraction of sp³-hybridized carbons (Fsp3) is 0.350. The molecule has 132 valence electrons. The van der Waals surface area contributed by atoms with Gasteiger partial charge in [-0.15, -0.1) is 0 Å². The van der Waals surface area contributed by atoms with Gasteiger partial charge in [0.2, 0.25) is 0 Å². The number of amides is 2. The third kappa shape index (κ3) is 4.05.